The molecule has 3 aromatic heterocycles. The number of aromatic nitrogens is 4. The van der Waals surface area contributed by atoms with E-state index in [2.05, 4.69) is 187 Å². The van der Waals surface area contributed by atoms with Crippen molar-refractivity contribution in [3.05, 3.63) is 144 Å². The van der Waals surface area contributed by atoms with Crippen LogP contribution in [0.3, 0.4) is 0 Å². The zero-order valence-corrected chi connectivity index (χ0v) is 42.8. The van der Waals surface area contributed by atoms with Crippen molar-refractivity contribution < 1.29 is 22.8 Å². The topological polar surface area (TPSA) is 35.6 Å². The van der Waals surface area contributed by atoms with E-state index in [0.717, 1.165) is 51.0 Å². The van der Waals surface area contributed by atoms with Crippen LogP contribution in [0.25, 0.3) is 61.2 Å². The Hall–Kier alpha value is -4.61. The molecule has 0 fully saturated rings. The van der Waals surface area contributed by atoms with Crippen molar-refractivity contribution in [1.82, 2.24) is 19.1 Å². The van der Waals surface area contributed by atoms with Gasteiger partial charge >= 0.3 is 0 Å². The van der Waals surface area contributed by atoms with Crippen molar-refractivity contribution in [3.63, 3.8) is 0 Å². The number of para-hydroxylation sites is 4. The fourth-order valence-electron chi connectivity index (χ4n) is 8.45. The van der Waals surface area contributed by atoms with E-state index < -0.39 is 19.9 Å². The van der Waals surface area contributed by atoms with Crippen LogP contribution in [0.1, 0.15) is 113 Å². The predicted molar refractivity (Wildman–Crippen MR) is 266 cm³/mol. The molecule has 0 N–H and O–H groups in total. The van der Waals surface area contributed by atoms with Gasteiger partial charge in [0.05, 0.1) is 24.9 Å². The van der Waals surface area contributed by atoms with E-state index >= 15 is 0 Å². The fraction of sp³-hybridized carbons (Fsp3) is 0.357. The van der Waals surface area contributed by atoms with Crippen LogP contribution in [0.2, 0.25) is 19.6 Å². The van der Waals surface area contributed by atoms with Crippen molar-refractivity contribution in [2.45, 2.75) is 126 Å². The molecule has 0 spiro atoms. The van der Waals surface area contributed by atoms with Crippen LogP contribution < -0.4 is 5.19 Å². The molecule has 8 aromatic rings. The van der Waals surface area contributed by atoms with Gasteiger partial charge in [-0.25, -0.2) is 0 Å². The Kier molecular flexibility index (Phi) is 12.9. The molecular formula is C56H66IrN4Si-2. The molecule has 0 aliphatic rings. The Labute approximate surface area is 389 Å². The summed E-state index contributed by atoms with van der Waals surface area (Å²) in [5.74, 6) is 1.73. The van der Waals surface area contributed by atoms with Gasteiger partial charge in [0.15, 0.2) is 0 Å². The molecule has 0 aliphatic heterocycles. The van der Waals surface area contributed by atoms with Crippen molar-refractivity contribution in [2.75, 3.05) is 0 Å². The Morgan fingerprint density at radius 1 is 0.726 bits per heavy atom. The first-order valence-corrected chi connectivity index (χ1v) is 25.6. The van der Waals surface area contributed by atoms with Gasteiger partial charge in [0.2, 0.25) is 0 Å². The summed E-state index contributed by atoms with van der Waals surface area (Å²) >= 11 is 0. The van der Waals surface area contributed by atoms with Gasteiger partial charge in [-0.05, 0) is 87.1 Å². The molecule has 1 radical (unpaired) electrons. The number of aryl methyl sites for hydroxylation is 1. The number of hydrogen-bond donors (Lipinski definition) is 0. The van der Waals surface area contributed by atoms with E-state index in [1.807, 2.05) is 39.1 Å². The quantitative estimate of drug-likeness (QED) is 0.112. The molecule has 0 aliphatic carbocycles. The van der Waals surface area contributed by atoms with E-state index in [1.165, 1.54) is 44.2 Å². The smallest absolute Gasteiger partial charge is 0.0798 e. The van der Waals surface area contributed by atoms with Crippen molar-refractivity contribution in [1.29, 1.82) is 0 Å². The maximum absolute atomic E-state index is 8.89. The Morgan fingerprint density at radius 2 is 1.37 bits per heavy atom. The van der Waals surface area contributed by atoms with Crippen LogP contribution >= 0.6 is 0 Å². The summed E-state index contributed by atoms with van der Waals surface area (Å²) in [4.78, 5) is 9.93. The minimum atomic E-state index is -1.74. The molecule has 325 valence electrons. The van der Waals surface area contributed by atoms with E-state index in [9.17, 15) is 0 Å². The summed E-state index contributed by atoms with van der Waals surface area (Å²) in [7, 11) is -1.74. The number of pyridine rings is 1. The number of nitrogens with zero attached hydrogens (tertiary/aromatic N) is 4. The Bertz CT molecular complexity index is 2910. The van der Waals surface area contributed by atoms with Gasteiger partial charge < -0.3 is 14.1 Å². The molecule has 62 heavy (non-hydrogen) atoms. The first kappa shape index (κ1) is 44.0. The maximum atomic E-state index is 8.89. The first-order chi connectivity index (χ1) is 29.5. The number of imidazole rings is 1. The third-order valence-corrected chi connectivity index (χ3v) is 13.6. The zero-order chi connectivity index (χ0) is 45.8. The third-order valence-electron chi connectivity index (χ3n) is 11.6. The third kappa shape index (κ3) is 9.64. The molecule has 0 bridgehead atoms. The van der Waals surface area contributed by atoms with E-state index in [-0.39, 0.29) is 25.5 Å². The fourth-order valence-corrected chi connectivity index (χ4v) is 9.85. The zero-order valence-electron chi connectivity index (χ0n) is 41.4. The van der Waals surface area contributed by atoms with Crippen LogP contribution in [0.5, 0.6) is 0 Å². The van der Waals surface area contributed by atoms with Crippen LogP contribution in [0.15, 0.2) is 109 Å². The summed E-state index contributed by atoms with van der Waals surface area (Å²) in [5, 5.41) is 3.62. The molecule has 0 saturated carbocycles. The molecule has 0 atom stereocenters. The van der Waals surface area contributed by atoms with Crippen LogP contribution in [0.4, 0.5) is 0 Å². The summed E-state index contributed by atoms with van der Waals surface area (Å²) in [6, 6.07) is 43.4. The van der Waals surface area contributed by atoms with E-state index in [0.29, 0.717) is 11.8 Å². The van der Waals surface area contributed by atoms with E-state index in [4.69, 9.17) is 12.7 Å². The number of benzene rings is 5. The summed E-state index contributed by atoms with van der Waals surface area (Å²) in [6.07, 6.45) is 0.472. The molecule has 8 rings (SSSR count). The molecule has 5 aromatic carbocycles. The number of hydrogen-bond acceptors (Lipinski definition) is 2. The number of fused-ring (bicyclic) bond motifs is 4. The summed E-state index contributed by atoms with van der Waals surface area (Å²) in [6.45, 7) is 31.5. The van der Waals surface area contributed by atoms with Crippen molar-refractivity contribution >= 4 is 46.1 Å². The molecule has 0 saturated heterocycles. The molecule has 6 heteroatoms. The van der Waals surface area contributed by atoms with Gasteiger partial charge in [0.1, 0.15) is 0 Å². The maximum Gasteiger partial charge on any atom is 0.0798 e. The van der Waals surface area contributed by atoms with Gasteiger partial charge in [-0.1, -0.05) is 154 Å². The van der Waals surface area contributed by atoms with Gasteiger partial charge in [0, 0.05) is 46.8 Å². The SMILES string of the molecule is CCn1c2c[c-]c(-c3nc4ccccc4n3-c3c(C(C)C)cccc3C(C)C)cc2c2ccccc21.[2H]C([2H])(c1cc(-c2[c-]ccc(C(C)(C)C)c2)ncc1[Si](C)(C)C)C(C)(C)C.[Ir]. The Balaban J connectivity index is 0.000000219. The van der Waals surface area contributed by atoms with Crippen LogP contribution in [0, 0.1) is 17.5 Å². The normalized spacial score (nSPS) is 13.0. The average Bonchev–Trinajstić information content (AvgIpc) is 3.77. The minimum absolute atomic E-state index is 0. The second-order valence-electron chi connectivity index (χ2n) is 20.2. The summed E-state index contributed by atoms with van der Waals surface area (Å²) < 4.78 is 22.5. The van der Waals surface area contributed by atoms with Crippen LogP contribution in [-0.4, -0.2) is 27.2 Å². The average molecular weight is 1020 g/mol. The monoisotopic (exact) mass is 1020 g/mol. The second-order valence-corrected chi connectivity index (χ2v) is 25.3. The number of rotatable bonds is 8. The second kappa shape index (κ2) is 18.2. The molecule has 4 nitrogen and oxygen atoms in total. The summed E-state index contributed by atoms with van der Waals surface area (Å²) in [5.41, 5.74) is 12.9. The van der Waals surface area contributed by atoms with Gasteiger partial charge in [-0.15, -0.1) is 59.2 Å². The minimum Gasteiger partial charge on any atom is -0.381 e. The van der Waals surface area contributed by atoms with Gasteiger partial charge in [-0.3, -0.25) is 4.98 Å². The first-order valence-electron chi connectivity index (χ1n) is 23.1. The molecule has 0 amide bonds. The molecular weight excluding hydrogens is 949 g/mol. The van der Waals surface area contributed by atoms with E-state index in [1.54, 1.807) is 0 Å². The Morgan fingerprint density at radius 3 is 1.98 bits per heavy atom. The predicted octanol–water partition coefficient (Wildman–Crippen LogP) is 14.8. The standard InChI is InChI=1S/C33H32N3.C23H34NSi.Ir/c1-6-35-29-16-9-7-12-26(29)27-20-23(18-19-30(27)35)33-34-28-15-8-10-17-31(28)36(33)32-24(21(2)3)13-11-14-25(32)22(4)5;1-22(2,3)15-18-14-20(24-16-21(18)25(7,8)9)17-11-10-12-19(13-17)23(4,5)6;/h7-17,19-22H,6H2,1-5H3;10,12-14,16H,15H2,1-9H3;/q2*-1;/i;15D2;. The largest absolute Gasteiger partial charge is 0.381 e. The van der Waals surface area contributed by atoms with Crippen molar-refractivity contribution in [3.8, 4) is 28.3 Å². The molecule has 3 heterocycles. The van der Waals surface area contributed by atoms with Crippen molar-refractivity contribution in [2.24, 2.45) is 5.41 Å². The molecule has 0 unspecified atom stereocenters. The van der Waals surface area contributed by atoms with Gasteiger partial charge in [0.25, 0.3) is 0 Å². The van der Waals surface area contributed by atoms with Crippen LogP contribution in [-0.2, 0) is 38.4 Å². The van der Waals surface area contributed by atoms with Gasteiger partial charge in [-0.2, -0.15) is 0 Å².